The number of carbonyl (C=O) groups is 1. The molecule has 0 aliphatic carbocycles. The molecule has 0 aromatic heterocycles. The third-order valence-electron chi connectivity index (χ3n) is 3.40. The second kappa shape index (κ2) is 5.96. The van der Waals surface area contributed by atoms with Crippen LogP contribution in [0.2, 0.25) is 0 Å². The standard InChI is InChI=1S/C14H18INO/c1-11(17)13-3-2-8-16(10-13)9-12-4-6-14(15)7-5-12/h4-7,13H,2-3,8-10H2,1H3. The van der Waals surface area contributed by atoms with Crippen LogP contribution in [0.4, 0.5) is 0 Å². The minimum Gasteiger partial charge on any atom is -0.300 e. The van der Waals surface area contributed by atoms with Crippen molar-refractivity contribution < 1.29 is 4.79 Å². The Morgan fingerprint density at radius 3 is 2.76 bits per heavy atom. The van der Waals surface area contributed by atoms with Gasteiger partial charge in [-0.2, -0.15) is 0 Å². The molecule has 2 nitrogen and oxygen atoms in total. The third kappa shape index (κ3) is 3.78. The molecule has 1 heterocycles. The van der Waals surface area contributed by atoms with E-state index in [0.717, 1.165) is 32.5 Å². The van der Waals surface area contributed by atoms with Crippen molar-refractivity contribution in [1.29, 1.82) is 0 Å². The van der Waals surface area contributed by atoms with Gasteiger partial charge in [-0.15, -0.1) is 0 Å². The summed E-state index contributed by atoms with van der Waals surface area (Å²) in [5.41, 5.74) is 1.34. The molecule has 1 unspecified atom stereocenters. The Balaban J connectivity index is 1.94. The summed E-state index contributed by atoms with van der Waals surface area (Å²) in [4.78, 5) is 13.8. The Hall–Kier alpha value is -0.420. The average molecular weight is 343 g/mol. The molecule has 1 fully saturated rings. The van der Waals surface area contributed by atoms with Crippen molar-refractivity contribution in [2.45, 2.75) is 26.3 Å². The van der Waals surface area contributed by atoms with Gasteiger partial charge in [0.2, 0.25) is 0 Å². The van der Waals surface area contributed by atoms with E-state index >= 15 is 0 Å². The summed E-state index contributed by atoms with van der Waals surface area (Å²) < 4.78 is 1.27. The lowest BCUT2D eigenvalue weighted by atomic mass is 9.94. The number of Topliss-reactive ketones (excluding diaryl/α,β-unsaturated/α-hetero) is 1. The van der Waals surface area contributed by atoms with Crippen LogP contribution in [0.3, 0.4) is 0 Å². The van der Waals surface area contributed by atoms with Crippen LogP contribution in [0.1, 0.15) is 25.3 Å². The molecule has 1 aromatic rings. The Labute approximate surface area is 117 Å². The maximum Gasteiger partial charge on any atom is 0.134 e. The number of piperidine rings is 1. The predicted octanol–water partition coefficient (Wildman–Crippen LogP) is 3.09. The van der Waals surface area contributed by atoms with Gasteiger partial charge in [0.25, 0.3) is 0 Å². The highest BCUT2D eigenvalue weighted by atomic mass is 127. The number of hydrogen-bond donors (Lipinski definition) is 0. The summed E-state index contributed by atoms with van der Waals surface area (Å²) in [6, 6.07) is 8.64. The number of halogens is 1. The number of ketones is 1. The molecule has 0 radical (unpaired) electrons. The van der Waals surface area contributed by atoms with Crippen LogP contribution in [0, 0.1) is 9.49 Å². The van der Waals surface area contributed by atoms with Gasteiger partial charge in [0.15, 0.2) is 0 Å². The van der Waals surface area contributed by atoms with Gasteiger partial charge >= 0.3 is 0 Å². The van der Waals surface area contributed by atoms with Crippen molar-refractivity contribution in [2.75, 3.05) is 13.1 Å². The Kier molecular flexibility index (Phi) is 4.56. The second-order valence-electron chi connectivity index (χ2n) is 4.81. The van der Waals surface area contributed by atoms with Crippen molar-refractivity contribution in [2.24, 2.45) is 5.92 Å². The highest BCUT2D eigenvalue weighted by molar-refractivity contribution is 14.1. The second-order valence-corrected chi connectivity index (χ2v) is 6.06. The molecule has 0 saturated carbocycles. The van der Waals surface area contributed by atoms with E-state index < -0.39 is 0 Å². The minimum absolute atomic E-state index is 0.257. The molecule has 0 spiro atoms. The summed E-state index contributed by atoms with van der Waals surface area (Å²) in [6.07, 6.45) is 2.22. The zero-order valence-corrected chi connectivity index (χ0v) is 12.3. The van der Waals surface area contributed by atoms with E-state index in [4.69, 9.17) is 0 Å². The number of carbonyl (C=O) groups excluding carboxylic acids is 1. The van der Waals surface area contributed by atoms with Crippen molar-refractivity contribution in [3.05, 3.63) is 33.4 Å². The molecule has 2 rings (SSSR count). The summed E-state index contributed by atoms with van der Waals surface area (Å²) in [5, 5.41) is 0. The minimum atomic E-state index is 0.257. The molecule has 92 valence electrons. The molecule has 1 aliphatic heterocycles. The summed E-state index contributed by atoms with van der Waals surface area (Å²) in [7, 11) is 0. The molecule has 0 N–H and O–H groups in total. The first-order valence-corrected chi connectivity index (χ1v) is 7.20. The molecule has 1 saturated heterocycles. The van der Waals surface area contributed by atoms with Gasteiger partial charge < -0.3 is 0 Å². The monoisotopic (exact) mass is 343 g/mol. The molecule has 3 heteroatoms. The van der Waals surface area contributed by atoms with Crippen LogP contribution in [0.15, 0.2) is 24.3 Å². The number of rotatable bonds is 3. The van der Waals surface area contributed by atoms with Gasteiger partial charge in [-0.05, 0) is 66.6 Å². The van der Waals surface area contributed by atoms with Crippen LogP contribution >= 0.6 is 22.6 Å². The van der Waals surface area contributed by atoms with Crippen LogP contribution in [0.5, 0.6) is 0 Å². The highest BCUT2D eigenvalue weighted by Crippen LogP contribution is 2.19. The van der Waals surface area contributed by atoms with E-state index in [0.29, 0.717) is 5.78 Å². The number of likely N-dealkylation sites (tertiary alicyclic amines) is 1. The third-order valence-corrected chi connectivity index (χ3v) is 4.12. The van der Waals surface area contributed by atoms with Gasteiger partial charge in [-0.1, -0.05) is 12.1 Å². The molecule has 1 atom stereocenters. The Bertz CT molecular complexity index is 388. The van der Waals surface area contributed by atoms with Crippen molar-refractivity contribution in [3.63, 3.8) is 0 Å². The summed E-state index contributed by atoms with van der Waals surface area (Å²) >= 11 is 2.32. The summed E-state index contributed by atoms with van der Waals surface area (Å²) in [6.45, 7) is 4.75. The Morgan fingerprint density at radius 2 is 2.12 bits per heavy atom. The summed E-state index contributed by atoms with van der Waals surface area (Å²) in [5.74, 6) is 0.602. The maximum atomic E-state index is 11.4. The molecular weight excluding hydrogens is 325 g/mol. The van der Waals surface area contributed by atoms with Crippen molar-refractivity contribution >= 4 is 28.4 Å². The van der Waals surface area contributed by atoms with Crippen LogP contribution in [-0.2, 0) is 11.3 Å². The number of nitrogens with zero attached hydrogens (tertiary/aromatic N) is 1. The number of hydrogen-bond acceptors (Lipinski definition) is 2. The smallest absolute Gasteiger partial charge is 0.134 e. The highest BCUT2D eigenvalue weighted by Gasteiger charge is 2.22. The zero-order chi connectivity index (χ0) is 12.3. The first-order valence-electron chi connectivity index (χ1n) is 6.12. The van der Waals surface area contributed by atoms with E-state index in [-0.39, 0.29) is 5.92 Å². The van der Waals surface area contributed by atoms with Crippen LogP contribution in [0.25, 0.3) is 0 Å². The van der Waals surface area contributed by atoms with Crippen LogP contribution in [-0.4, -0.2) is 23.8 Å². The zero-order valence-electron chi connectivity index (χ0n) is 10.2. The fraction of sp³-hybridized carbons (Fsp3) is 0.500. The normalized spacial score (nSPS) is 21.4. The van der Waals surface area contributed by atoms with Gasteiger partial charge in [-0.25, -0.2) is 0 Å². The lowest BCUT2D eigenvalue weighted by Gasteiger charge is -2.31. The van der Waals surface area contributed by atoms with E-state index in [9.17, 15) is 4.79 Å². The SMILES string of the molecule is CC(=O)C1CCCN(Cc2ccc(I)cc2)C1. The van der Waals surface area contributed by atoms with Gasteiger partial charge in [0.1, 0.15) is 5.78 Å². The molecule has 0 bridgehead atoms. The molecule has 0 amide bonds. The van der Waals surface area contributed by atoms with E-state index in [1.54, 1.807) is 6.92 Å². The first-order chi connectivity index (χ1) is 8.15. The van der Waals surface area contributed by atoms with Gasteiger partial charge in [0.05, 0.1) is 0 Å². The predicted molar refractivity (Wildman–Crippen MR) is 77.8 cm³/mol. The molecular formula is C14H18INO. The lowest BCUT2D eigenvalue weighted by Crippen LogP contribution is -2.37. The fourth-order valence-corrected chi connectivity index (χ4v) is 2.74. The quantitative estimate of drug-likeness (QED) is 0.786. The molecule has 1 aromatic carbocycles. The van der Waals surface area contributed by atoms with Crippen molar-refractivity contribution in [3.8, 4) is 0 Å². The van der Waals surface area contributed by atoms with Gasteiger partial charge in [-0.3, -0.25) is 9.69 Å². The first kappa shape index (κ1) is 13.0. The van der Waals surface area contributed by atoms with E-state index in [2.05, 4.69) is 51.8 Å². The number of benzene rings is 1. The van der Waals surface area contributed by atoms with E-state index in [1.165, 1.54) is 9.13 Å². The van der Waals surface area contributed by atoms with Crippen molar-refractivity contribution in [1.82, 2.24) is 4.90 Å². The lowest BCUT2D eigenvalue weighted by molar-refractivity contribution is -0.122. The Morgan fingerprint density at radius 1 is 1.41 bits per heavy atom. The topological polar surface area (TPSA) is 20.3 Å². The maximum absolute atomic E-state index is 11.4. The van der Waals surface area contributed by atoms with E-state index in [1.807, 2.05) is 0 Å². The van der Waals surface area contributed by atoms with Gasteiger partial charge in [0, 0.05) is 22.6 Å². The average Bonchev–Trinajstić information content (AvgIpc) is 2.32. The molecule has 17 heavy (non-hydrogen) atoms. The fourth-order valence-electron chi connectivity index (χ4n) is 2.38. The largest absolute Gasteiger partial charge is 0.300 e. The molecule has 1 aliphatic rings. The van der Waals surface area contributed by atoms with Crippen LogP contribution < -0.4 is 0 Å².